The Balaban J connectivity index is 1.71. The molecule has 100 valence electrons. The van der Waals surface area contributed by atoms with Crippen LogP contribution in [0, 0.1) is 0 Å². The molecule has 1 N–H and O–H groups in total. The normalized spacial score (nSPS) is 14.2. The van der Waals surface area contributed by atoms with Crippen molar-refractivity contribution in [3.63, 3.8) is 0 Å². The standard InChI is InChI=1S/C13H16N4O2/c1-17-7-6-14-11(17)8-15-13(18)12-9-4-2-3-5-10(9)16-19-12/h6-7H,2-5,8H2,1H3,(H,15,18). The fourth-order valence-corrected chi connectivity index (χ4v) is 2.38. The molecule has 0 aliphatic heterocycles. The molecular formula is C13H16N4O2. The zero-order valence-corrected chi connectivity index (χ0v) is 10.8. The average Bonchev–Trinajstić information content (AvgIpc) is 3.02. The van der Waals surface area contributed by atoms with E-state index >= 15 is 0 Å². The Labute approximate surface area is 110 Å². The summed E-state index contributed by atoms with van der Waals surface area (Å²) in [5, 5.41) is 6.81. The second kappa shape index (κ2) is 4.87. The topological polar surface area (TPSA) is 73.0 Å². The summed E-state index contributed by atoms with van der Waals surface area (Å²) >= 11 is 0. The zero-order valence-electron chi connectivity index (χ0n) is 10.8. The highest BCUT2D eigenvalue weighted by Crippen LogP contribution is 2.23. The lowest BCUT2D eigenvalue weighted by Crippen LogP contribution is -2.25. The van der Waals surface area contributed by atoms with E-state index in [2.05, 4.69) is 15.5 Å². The van der Waals surface area contributed by atoms with Crippen LogP contribution in [-0.2, 0) is 26.4 Å². The first-order chi connectivity index (χ1) is 9.25. The van der Waals surface area contributed by atoms with E-state index in [4.69, 9.17) is 4.52 Å². The summed E-state index contributed by atoms with van der Waals surface area (Å²) in [6, 6.07) is 0. The number of imidazole rings is 1. The van der Waals surface area contributed by atoms with Crippen LogP contribution in [0.5, 0.6) is 0 Å². The number of aromatic nitrogens is 3. The molecule has 1 aliphatic carbocycles. The van der Waals surface area contributed by atoms with E-state index in [0.717, 1.165) is 42.8 Å². The molecule has 2 heterocycles. The number of aryl methyl sites for hydroxylation is 2. The van der Waals surface area contributed by atoms with Crippen LogP contribution in [0.2, 0.25) is 0 Å². The number of hydrogen-bond acceptors (Lipinski definition) is 4. The molecule has 6 nitrogen and oxygen atoms in total. The second-order valence-electron chi connectivity index (χ2n) is 4.78. The van der Waals surface area contributed by atoms with Gasteiger partial charge in [0, 0.05) is 25.0 Å². The maximum Gasteiger partial charge on any atom is 0.290 e. The Morgan fingerprint density at radius 2 is 2.32 bits per heavy atom. The van der Waals surface area contributed by atoms with Crippen LogP contribution >= 0.6 is 0 Å². The Morgan fingerprint density at radius 1 is 1.47 bits per heavy atom. The molecule has 0 saturated carbocycles. The summed E-state index contributed by atoms with van der Waals surface area (Å²) in [6.45, 7) is 0.387. The number of rotatable bonds is 3. The van der Waals surface area contributed by atoms with Crippen molar-refractivity contribution in [2.75, 3.05) is 0 Å². The smallest absolute Gasteiger partial charge is 0.290 e. The van der Waals surface area contributed by atoms with Crippen molar-refractivity contribution in [1.29, 1.82) is 0 Å². The minimum absolute atomic E-state index is 0.210. The van der Waals surface area contributed by atoms with Gasteiger partial charge in [0.15, 0.2) is 0 Å². The van der Waals surface area contributed by atoms with Gasteiger partial charge in [0.2, 0.25) is 5.76 Å². The van der Waals surface area contributed by atoms with Crippen molar-refractivity contribution in [3.8, 4) is 0 Å². The number of hydrogen-bond donors (Lipinski definition) is 1. The molecule has 1 amide bonds. The molecule has 2 aromatic heterocycles. The fourth-order valence-electron chi connectivity index (χ4n) is 2.38. The minimum atomic E-state index is -0.210. The van der Waals surface area contributed by atoms with Gasteiger partial charge in [-0.2, -0.15) is 0 Å². The van der Waals surface area contributed by atoms with Crippen LogP contribution in [-0.4, -0.2) is 20.6 Å². The van der Waals surface area contributed by atoms with Gasteiger partial charge in [-0.3, -0.25) is 4.79 Å². The Bertz CT molecular complexity index is 600. The molecule has 0 atom stereocenters. The molecule has 19 heavy (non-hydrogen) atoms. The maximum absolute atomic E-state index is 12.1. The molecule has 2 aromatic rings. The first kappa shape index (κ1) is 12.0. The predicted octanol–water partition coefficient (Wildman–Crippen LogP) is 1.22. The lowest BCUT2D eigenvalue weighted by atomic mass is 9.96. The maximum atomic E-state index is 12.1. The first-order valence-electron chi connectivity index (χ1n) is 6.47. The number of carbonyl (C=O) groups is 1. The second-order valence-corrected chi connectivity index (χ2v) is 4.78. The van der Waals surface area contributed by atoms with Gasteiger partial charge in [-0.15, -0.1) is 0 Å². The van der Waals surface area contributed by atoms with Crippen molar-refractivity contribution >= 4 is 5.91 Å². The zero-order chi connectivity index (χ0) is 13.2. The van der Waals surface area contributed by atoms with Gasteiger partial charge in [0.1, 0.15) is 5.82 Å². The number of nitrogens with one attached hydrogen (secondary N) is 1. The molecule has 6 heteroatoms. The number of carbonyl (C=O) groups excluding carboxylic acids is 1. The van der Waals surface area contributed by atoms with Crippen LogP contribution < -0.4 is 5.32 Å². The van der Waals surface area contributed by atoms with E-state index in [1.54, 1.807) is 6.20 Å². The predicted molar refractivity (Wildman–Crippen MR) is 67.5 cm³/mol. The molecule has 0 spiro atoms. The highest BCUT2D eigenvalue weighted by atomic mass is 16.5. The molecular weight excluding hydrogens is 244 g/mol. The largest absolute Gasteiger partial charge is 0.350 e. The Kier molecular flexibility index (Phi) is 3.06. The van der Waals surface area contributed by atoms with Crippen molar-refractivity contribution in [2.24, 2.45) is 7.05 Å². The van der Waals surface area contributed by atoms with Gasteiger partial charge in [0.25, 0.3) is 5.91 Å². The summed E-state index contributed by atoms with van der Waals surface area (Å²) in [4.78, 5) is 16.3. The van der Waals surface area contributed by atoms with Crippen molar-refractivity contribution < 1.29 is 9.32 Å². The summed E-state index contributed by atoms with van der Waals surface area (Å²) in [5.41, 5.74) is 1.91. The molecule has 3 rings (SSSR count). The lowest BCUT2D eigenvalue weighted by molar-refractivity contribution is 0.0911. The van der Waals surface area contributed by atoms with Crippen molar-refractivity contribution in [2.45, 2.75) is 32.2 Å². The highest BCUT2D eigenvalue weighted by Gasteiger charge is 2.24. The van der Waals surface area contributed by atoms with Crippen molar-refractivity contribution in [3.05, 3.63) is 35.2 Å². The fraction of sp³-hybridized carbons (Fsp3) is 0.462. The van der Waals surface area contributed by atoms with Gasteiger partial charge >= 0.3 is 0 Å². The third-order valence-electron chi connectivity index (χ3n) is 3.49. The molecule has 0 radical (unpaired) electrons. The number of nitrogens with zero attached hydrogens (tertiary/aromatic N) is 3. The molecule has 0 unspecified atom stereocenters. The van der Waals surface area contributed by atoms with Crippen LogP contribution in [0.3, 0.4) is 0 Å². The number of fused-ring (bicyclic) bond motifs is 1. The van der Waals surface area contributed by atoms with Crippen LogP contribution in [0.25, 0.3) is 0 Å². The van der Waals surface area contributed by atoms with E-state index in [-0.39, 0.29) is 5.91 Å². The molecule has 0 saturated heterocycles. The summed E-state index contributed by atoms with van der Waals surface area (Å²) < 4.78 is 7.06. The SMILES string of the molecule is Cn1ccnc1CNC(=O)c1onc2c1CCCC2. The highest BCUT2D eigenvalue weighted by molar-refractivity contribution is 5.92. The van der Waals surface area contributed by atoms with Crippen LogP contribution in [0.15, 0.2) is 16.9 Å². The van der Waals surface area contributed by atoms with Crippen molar-refractivity contribution in [1.82, 2.24) is 20.0 Å². The summed E-state index contributed by atoms with van der Waals surface area (Å²) in [7, 11) is 1.89. The van der Waals surface area contributed by atoms with Gasteiger partial charge in [-0.25, -0.2) is 4.98 Å². The van der Waals surface area contributed by atoms with Gasteiger partial charge in [0.05, 0.1) is 12.2 Å². The molecule has 0 bridgehead atoms. The van der Waals surface area contributed by atoms with E-state index in [9.17, 15) is 4.79 Å². The van der Waals surface area contributed by atoms with E-state index < -0.39 is 0 Å². The average molecular weight is 260 g/mol. The van der Waals surface area contributed by atoms with Gasteiger partial charge < -0.3 is 14.4 Å². The van der Waals surface area contributed by atoms with Crippen LogP contribution in [0.4, 0.5) is 0 Å². The van der Waals surface area contributed by atoms with Gasteiger partial charge in [-0.1, -0.05) is 5.16 Å². The Morgan fingerprint density at radius 3 is 3.11 bits per heavy atom. The summed E-state index contributed by atoms with van der Waals surface area (Å²) in [5.74, 6) is 0.962. The Hall–Kier alpha value is -2.11. The van der Waals surface area contributed by atoms with E-state index in [0.29, 0.717) is 12.3 Å². The van der Waals surface area contributed by atoms with E-state index in [1.807, 2.05) is 17.8 Å². The van der Waals surface area contributed by atoms with E-state index in [1.165, 1.54) is 0 Å². The summed E-state index contributed by atoms with van der Waals surface area (Å²) in [6.07, 6.45) is 7.55. The molecule has 0 fully saturated rings. The molecule has 0 aromatic carbocycles. The molecule has 1 aliphatic rings. The third kappa shape index (κ3) is 2.25. The quantitative estimate of drug-likeness (QED) is 0.900. The lowest BCUT2D eigenvalue weighted by Gasteiger charge is -2.09. The number of amides is 1. The monoisotopic (exact) mass is 260 g/mol. The van der Waals surface area contributed by atoms with Gasteiger partial charge in [-0.05, 0) is 25.7 Å². The third-order valence-corrected chi connectivity index (χ3v) is 3.49. The van der Waals surface area contributed by atoms with Crippen LogP contribution in [0.1, 0.15) is 40.5 Å². The minimum Gasteiger partial charge on any atom is -0.350 e. The first-order valence-corrected chi connectivity index (χ1v) is 6.47.